The van der Waals surface area contributed by atoms with Gasteiger partial charge in [0.05, 0.1) is 12.6 Å². The largest absolute Gasteiger partial charge is 0.326 e. The molecule has 21 heavy (non-hydrogen) atoms. The van der Waals surface area contributed by atoms with Crippen LogP contribution in [0.15, 0.2) is 0 Å². The summed E-state index contributed by atoms with van der Waals surface area (Å²) in [4.78, 5) is 16.3. The lowest BCUT2D eigenvalue weighted by Crippen LogP contribution is -2.52. The summed E-state index contributed by atoms with van der Waals surface area (Å²) in [7, 11) is 3.80. The maximum Gasteiger partial charge on any atom is 0.237 e. The normalized spacial score (nSPS) is 24.8. The van der Waals surface area contributed by atoms with E-state index in [0.29, 0.717) is 12.6 Å². The predicted molar refractivity (Wildman–Crippen MR) is 82.7 cm³/mol. The van der Waals surface area contributed by atoms with Gasteiger partial charge in [-0.15, -0.1) is 0 Å². The van der Waals surface area contributed by atoms with Gasteiger partial charge in [0.25, 0.3) is 0 Å². The topological polar surface area (TPSA) is 59.4 Å². The van der Waals surface area contributed by atoms with E-state index in [1.807, 2.05) is 7.05 Å². The molecular weight excluding hydrogens is 264 g/mol. The Kier molecular flexibility index (Phi) is 5.60. The molecule has 1 aliphatic carbocycles. The first-order valence-corrected chi connectivity index (χ1v) is 8.17. The first-order valence-electron chi connectivity index (χ1n) is 8.17. The Labute approximate surface area is 128 Å². The van der Waals surface area contributed by atoms with Crippen molar-refractivity contribution in [2.75, 3.05) is 33.7 Å². The SMILES string of the molecule is CN(CC(=O)N(C)C1(C#N)CCCCC1)CC1CCCN1. The Morgan fingerprint density at radius 1 is 1.29 bits per heavy atom. The lowest BCUT2D eigenvalue weighted by atomic mass is 9.81. The number of hydrogen-bond acceptors (Lipinski definition) is 4. The van der Waals surface area contributed by atoms with Gasteiger partial charge in [0.1, 0.15) is 5.54 Å². The summed E-state index contributed by atoms with van der Waals surface area (Å²) >= 11 is 0. The molecule has 5 heteroatoms. The average Bonchev–Trinajstić information content (AvgIpc) is 2.99. The minimum Gasteiger partial charge on any atom is -0.326 e. The highest BCUT2D eigenvalue weighted by molar-refractivity contribution is 5.79. The number of rotatable bonds is 5. The number of hydrogen-bond donors (Lipinski definition) is 1. The smallest absolute Gasteiger partial charge is 0.237 e. The molecule has 1 N–H and O–H groups in total. The van der Waals surface area contributed by atoms with Gasteiger partial charge >= 0.3 is 0 Å². The molecule has 1 saturated carbocycles. The Morgan fingerprint density at radius 2 is 2.00 bits per heavy atom. The van der Waals surface area contributed by atoms with Crippen molar-refractivity contribution in [3.63, 3.8) is 0 Å². The Balaban J connectivity index is 1.87. The van der Waals surface area contributed by atoms with E-state index in [-0.39, 0.29) is 5.91 Å². The van der Waals surface area contributed by atoms with Crippen LogP contribution in [0.25, 0.3) is 0 Å². The molecule has 2 rings (SSSR count). The summed E-state index contributed by atoms with van der Waals surface area (Å²) in [5.74, 6) is 0.0685. The summed E-state index contributed by atoms with van der Waals surface area (Å²) in [5, 5.41) is 13.0. The Hall–Kier alpha value is -1.12. The summed E-state index contributed by atoms with van der Waals surface area (Å²) in [6, 6.07) is 2.93. The molecule has 0 bridgehead atoms. The second-order valence-electron chi connectivity index (χ2n) is 6.65. The van der Waals surface area contributed by atoms with Crippen LogP contribution in [0.5, 0.6) is 0 Å². The molecule has 1 unspecified atom stereocenters. The van der Waals surface area contributed by atoms with Crippen LogP contribution in [0.4, 0.5) is 0 Å². The van der Waals surface area contributed by atoms with Gasteiger partial charge in [-0.25, -0.2) is 0 Å². The lowest BCUT2D eigenvalue weighted by Gasteiger charge is -2.39. The third-order valence-corrected chi connectivity index (χ3v) is 5.00. The van der Waals surface area contributed by atoms with Gasteiger partial charge in [0.2, 0.25) is 5.91 Å². The highest BCUT2D eigenvalue weighted by atomic mass is 16.2. The molecule has 0 spiro atoms. The van der Waals surface area contributed by atoms with Gasteiger partial charge in [-0.3, -0.25) is 9.69 Å². The molecule has 0 aromatic rings. The molecule has 2 aliphatic rings. The minimum atomic E-state index is -0.568. The quantitative estimate of drug-likeness (QED) is 0.831. The van der Waals surface area contributed by atoms with E-state index in [9.17, 15) is 10.1 Å². The second kappa shape index (κ2) is 7.24. The average molecular weight is 292 g/mol. The lowest BCUT2D eigenvalue weighted by molar-refractivity contribution is -0.135. The molecule has 0 aromatic heterocycles. The van der Waals surface area contributed by atoms with Crippen molar-refractivity contribution in [2.45, 2.75) is 56.5 Å². The third-order valence-electron chi connectivity index (χ3n) is 5.00. The zero-order valence-corrected chi connectivity index (χ0v) is 13.4. The highest BCUT2D eigenvalue weighted by Gasteiger charge is 2.38. The Morgan fingerprint density at radius 3 is 2.57 bits per heavy atom. The van der Waals surface area contributed by atoms with Crippen molar-refractivity contribution in [2.24, 2.45) is 0 Å². The monoisotopic (exact) mass is 292 g/mol. The second-order valence-corrected chi connectivity index (χ2v) is 6.65. The number of nitriles is 1. The van der Waals surface area contributed by atoms with Crippen molar-refractivity contribution in [1.82, 2.24) is 15.1 Å². The first kappa shape index (κ1) is 16.3. The molecular formula is C16H28N4O. The van der Waals surface area contributed by atoms with Gasteiger partial charge in [-0.2, -0.15) is 5.26 Å². The molecule has 1 amide bonds. The van der Waals surface area contributed by atoms with Gasteiger partial charge < -0.3 is 10.2 Å². The third kappa shape index (κ3) is 3.96. The number of likely N-dealkylation sites (N-methyl/N-ethyl adjacent to an activating group) is 2. The van der Waals surface area contributed by atoms with E-state index in [1.165, 1.54) is 19.3 Å². The van der Waals surface area contributed by atoms with Gasteiger partial charge in [0.15, 0.2) is 0 Å². The van der Waals surface area contributed by atoms with Crippen LogP contribution in [-0.2, 0) is 4.79 Å². The van der Waals surface area contributed by atoms with Crippen molar-refractivity contribution in [3.05, 3.63) is 0 Å². The standard InChI is InChI=1S/C16H28N4O/c1-19(11-14-7-6-10-18-14)12-15(21)20(2)16(13-17)8-4-3-5-9-16/h14,18H,3-12H2,1-2H3. The molecule has 1 saturated heterocycles. The van der Waals surface area contributed by atoms with Crippen molar-refractivity contribution in [1.29, 1.82) is 5.26 Å². The molecule has 1 heterocycles. The van der Waals surface area contributed by atoms with Crippen LogP contribution in [0, 0.1) is 11.3 Å². The Bertz CT molecular complexity index is 392. The first-order chi connectivity index (χ1) is 10.1. The van der Waals surface area contributed by atoms with E-state index in [4.69, 9.17) is 0 Å². The van der Waals surface area contributed by atoms with E-state index in [2.05, 4.69) is 16.3 Å². The number of nitrogens with one attached hydrogen (secondary N) is 1. The number of amides is 1. The predicted octanol–water partition coefficient (Wildman–Crippen LogP) is 1.36. The van der Waals surface area contributed by atoms with Crippen LogP contribution in [0.3, 0.4) is 0 Å². The summed E-state index contributed by atoms with van der Waals surface area (Å²) in [6.07, 6.45) is 7.33. The summed E-state index contributed by atoms with van der Waals surface area (Å²) in [6.45, 7) is 2.39. The van der Waals surface area contributed by atoms with Crippen molar-refractivity contribution < 1.29 is 4.79 Å². The van der Waals surface area contributed by atoms with Gasteiger partial charge in [-0.1, -0.05) is 19.3 Å². The maximum atomic E-state index is 12.5. The zero-order chi connectivity index (χ0) is 15.3. The van der Waals surface area contributed by atoms with Crippen molar-refractivity contribution in [3.8, 4) is 6.07 Å². The molecule has 1 atom stereocenters. The molecule has 2 fully saturated rings. The fourth-order valence-corrected chi connectivity index (χ4v) is 3.59. The molecule has 0 aromatic carbocycles. The molecule has 0 radical (unpaired) electrons. The fourth-order valence-electron chi connectivity index (χ4n) is 3.59. The summed E-state index contributed by atoms with van der Waals surface area (Å²) < 4.78 is 0. The number of nitrogens with zero attached hydrogens (tertiary/aromatic N) is 3. The van der Waals surface area contributed by atoms with Crippen LogP contribution in [-0.4, -0.2) is 61.0 Å². The van der Waals surface area contributed by atoms with E-state index in [1.54, 1.807) is 11.9 Å². The molecule has 118 valence electrons. The van der Waals surface area contributed by atoms with Gasteiger partial charge in [-0.05, 0) is 39.3 Å². The highest BCUT2D eigenvalue weighted by Crippen LogP contribution is 2.32. The fraction of sp³-hybridized carbons (Fsp3) is 0.875. The molecule has 5 nitrogen and oxygen atoms in total. The van der Waals surface area contributed by atoms with Crippen LogP contribution in [0.1, 0.15) is 44.9 Å². The van der Waals surface area contributed by atoms with Crippen LogP contribution in [0.2, 0.25) is 0 Å². The van der Waals surface area contributed by atoms with E-state index >= 15 is 0 Å². The zero-order valence-electron chi connectivity index (χ0n) is 13.4. The van der Waals surface area contributed by atoms with Crippen LogP contribution >= 0.6 is 0 Å². The van der Waals surface area contributed by atoms with Crippen LogP contribution < -0.4 is 5.32 Å². The van der Waals surface area contributed by atoms with Crippen molar-refractivity contribution >= 4 is 5.91 Å². The number of carbonyl (C=O) groups excluding carboxylic acids is 1. The van der Waals surface area contributed by atoms with E-state index < -0.39 is 5.54 Å². The summed E-state index contributed by atoms with van der Waals surface area (Å²) in [5.41, 5.74) is -0.568. The van der Waals surface area contributed by atoms with E-state index in [0.717, 1.165) is 38.8 Å². The number of carbonyl (C=O) groups is 1. The van der Waals surface area contributed by atoms with Gasteiger partial charge in [0, 0.05) is 19.6 Å². The maximum absolute atomic E-state index is 12.5. The minimum absolute atomic E-state index is 0.0685. The molecule has 1 aliphatic heterocycles.